The molecule has 128 heavy (non-hydrogen) atoms. The van der Waals surface area contributed by atoms with Crippen LogP contribution in [0, 0.1) is 0 Å². The summed E-state index contributed by atoms with van der Waals surface area (Å²) in [6.07, 6.45) is 82.0. The highest BCUT2D eigenvalue weighted by Gasteiger charge is 2.24. The molecule has 7 aromatic rings. The van der Waals surface area contributed by atoms with E-state index >= 15 is 0 Å². The highest BCUT2D eigenvalue weighted by molar-refractivity contribution is 6.00. The normalized spacial score (nSPS) is 11.8. The van der Waals surface area contributed by atoms with Gasteiger partial charge in [-0.2, -0.15) is 0 Å². The van der Waals surface area contributed by atoms with E-state index in [2.05, 4.69) is 187 Å². The fourth-order valence-electron chi connectivity index (χ4n) is 18.5. The van der Waals surface area contributed by atoms with Crippen molar-refractivity contribution in [2.75, 3.05) is 52.9 Å². The van der Waals surface area contributed by atoms with E-state index in [0.717, 1.165) is 164 Å². The molecule has 5 heterocycles. The van der Waals surface area contributed by atoms with Gasteiger partial charge in [0.1, 0.15) is 0 Å². The van der Waals surface area contributed by atoms with Gasteiger partial charge in [-0.15, -0.1) is 0 Å². The smallest absolute Gasteiger partial charge is 0.161 e. The average molecular weight is 1750 g/mol. The van der Waals surface area contributed by atoms with E-state index in [0.29, 0.717) is 75.9 Å². The number of H-pyrrole nitrogens is 2. The van der Waals surface area contributed by atoms with E-state index in [9.17, 15) is 0 Å². The molecule has 2 aliphatic rings. The number of hydrogen-bond acceptors (Lipinski definition) is 10. The van der Waals surface area contributed by atoms with Crippen molar-refractivity contribution in [3.63, 3.8) is 0 Å². The summed E-state index contributed by atoms with van der Waals surface area (Å²) in [6.45, 7) is 21.8. The third-order valence-corrected chi connectivity index (χ3v) is 25.9. The molecule has 0 saturated carbocycles. The Hall–Kier alpha value is -8.12. The maximum atomic E-state index is 6.69. The number of aromatic nitrogens is 4. The number of rotatable bonds is 76. The molecule has 0 amide bonds. The topological polar surface area (TPSA) is 131 Å². The van der Waals surface area contributed by atoms with Gasteiger partial charge in [-0.05, 0) is 173 Å². The molecule has 4 aromatic carbocycles. The van der Waals surface area contributed by atoms with Crippen molar-refractivity contribution in [2.24, 2.45) is 0 Å². The van der Waals surface area contributed by atoms with Gasteiger partial charge in [-0.3, -0.25) is 0 Å². The summed E-state index contributed by atoms with van der Waals surface area (Å²) in [5, 5.41) is 0. The minimum absolute atomic E-state index is 0.481. The number of nitrogens with zero attached hydrogens (tertiary/aromatic N) is 2. The van der Waals surface area contributed by atoms with Gasteiger partial charge in [-0.1, -0.05) is 386 Å². The Morgan fingerprint density at radius 3 is 0.508 bits per heavy atom. The third-order valence-electron chi connectivity index (χ3n) is 25.9. The predicted molar refractivity (Wildman–Crippen MR) is 549 cm³/mol. The maximum Gasteiger partial charge on any atom is 0.161 e. The standard InChI is InChI=1S/C116H174N4O8/c1-9-17-21-25-29-33-37-41-45-49-53-57-61-65-85-125-105-81-69-93(89-109(105)121-13-5)113-97-73-75-99(117-97)114(94-70-82-106(110(90-94)122-14-6)126-86-66-62-58-54-50-46-42-38-34-30-26-22-18-10-2)101-77-79-103(119-101)116(96-72-84-108(112(92-96)124-16-8)128-88-68-64-60-56-52-48-44-40-36-32-28-24-20-12-4)104-80-78-102(120-104)115(100-76-74-98(113)118-100)95-71-83-107(111(91-95)123-15-7)127-87-67-63-59-55-51-47-43-39-35-31-27-23-19-11-3/h69-84,89-92,117,120H,9-68,85-88H2,1-8H3. The molecule has 0 spiro atoms. The summed E-state index contributed by atoms with van der Waals surface area (Å²) in [5.41, 5.74) is 14.1. The number of unbranched alkanes of at least 4 members (excludes halogenated alkanes) is 52. The number of fused-ring (bicyclic) bond motifs is 8. The SMILES string of the molecule is CCCCCCCCCCCCCCCCOc1ccc(-c2c3nc(c(-c4ccc(OCCCCCCCCCCCCCCCC)c(OCC)c4)c4ccc([nH]4)c(-c4ccc(OCCCCCCCCCCCCCCCC)c(OCC)c4)c4nc(c(-c5ccc(OCCCCCCCCCCCCCCCC)c(OCC)c5)c5ccc2[nH]5)C=C4)C=C3)cc1OCC. The van der Waals surface area contributed by atoms with Crippen molar-refractivity contribution in [3.8, 4) is 90.5 Å². The Bertz CT molecular complexity index is 3850. The molecule has 12 heteroatoms. The van der Waals surface area contributed by atoms with Crippen LogP contribution < -0.4 is 37.9 Å². The molecule has 2 aliphatic heterocycles. The summed E-state index contributed by atoms with van der Waals surface area (Å²) in [6, 6.07) is 34.5. The van der Waals surface area contributed by atoms with Crippen molar-refractivity contribution < 1.29 is 37.9 Å². The number of benzene rings is 4. The summed E-state index contributed by atoms with van der Waals surface area (Å²) in [4.78, 5) is 19.7. The average Bonchev–Trinajstić information content (AvgIpc) is 1.61. The van der Waals surface area contributed by atoms with Crippen LogP contribution in [-0.2, 0) is 0 Å². The second kappa shape index (κ2) is 64.6. The van der Waals surface area contributed by atoms with Crippen LogP contribution in [0.1, 0.15) is 438 Å². The molecule has 3 aromatic heterocycles. The molecule has 0 unspecified atom stereocenters. The van der Waals surface area contributed by atoms with Crippen molar-refractivity contribution in [2.45, 2.75) is 415 Å². The summed E-state index contributed by atoms with van der Waals surface area (Å²) in [5.74, 6) is 5.79. The zero-order chi connectivity index (χ0) is 89.7. The Labute approximate surface area is 777 Å². The van der Waals surface area contributed by atoms with Gasteiger partial charge in [0.2, 0.25) is 0 Å². The van der Waals surface area contributed by atoms with Crippen LogP contribution in [0.2, 0.25) is 0 Å². The van der Waals surface area contributed by atoms with Crippen LogP contribution in [-0.4, -0.2) is 72.8 Å². The number of ether oxygens (including phenoxy) is 8. The van der Waals surface area contributed by atoms with Crippen molar-refractivity contribution >= 4 is 46.4 Å². The zero-order valence-electron chi connectivity index (χ0n) is 82.0. The maximum absolute atomic E-state index is 6.69. The van der Waals surface area contributed by atoms with E-state index in [1.165, 1.54) is 308 Å². The minimum atomic E-state index is 0.481. The highest BCUT2D eigenvalue weighted by atomic mass is 16.5. The molecule has 706 valence electrons. The van der Waals surface area contributed by atoms with E-state index in [4.69, 9.17) is 47.9 Å². The van der Waals surface area contributed by atoms with Crippen LogP contribution in [0.15, 0.2) is 97.1 Å². The van der Waals surface area contributed by atoms with Gasteiger partial charge in [0, 0.05) is 44.3 Å². The van der Waals surface area contributed by atoms with Crippen LogP contribution in [0.5, 0.6) is 46.0 Å². The van der Waals surface area contributed by atoms with Gasteiger partial charge in [0.15, 0.2) is 46.0 Å². The second-order valence-electron chi connectivity index (χ2n) is 36.7. The fourth-order valence-corrected chi connectivity index (χ4v) is 18.5. The van der Waals surface area contributed by atoms with Crippen molar-refractivity contribution in [1.82, 2.24) is 19.9 Å². The monoisotopic (exact) mass is 1750 g/mol. The molecular formula is C116H174N4O8. The van der Waals surface area contributed by atoms with Crippen LogP contribution >= 0.6 is 0 Å². The lowest BCUT2D eigenvalue weighted by Crippen LogP contribution is -2.02. The number of hydrogen-bond donors (Lipinski definition) is 2. The van der Waals surface area contributed by atoms with E-state index < -0.39 is 0 Å². The summed E-state index contributed by atoms with van der Waals surface area (Å²) < 4.78 is 53.1. The Kier molecular flexibility index (Phi) is 52.3. The molecule has 9 rings (SSSR count). The lowest BCUT2D eigenvalue weighted by molar-refractivity contribution is 0.270. The van der Waals surface area contributed by atoms with Crippen molar-refractivity contribution in [1.29, 1.82) is 0 Å². The van der Waals surface area contributed by atoms with Gasteiger partial charge in [0.25, 0.3) is 0 Å². The van der Waals surface area contributed by atoms with E-state index in [1.54, 1.807) is 0 Å². The predicted octanol–water partition coefficient (Wildman–Crippen LogP) is 36.4. The number of nitrogens with one attached hydrogen (secondary N) is 2. The zero-order valence-corrected chi connectivity index (χ0v) is 82.0. The van der Waals surface area contributed by atoms with Crippen LogP contribution in [0.4, 0.5) is 0 Å². The molecule has 0 radical (unpaired) electrons. The van der Waals surface area contributed by atoms with E-state index in [1.807, 2.05) is 0 Å². The molecular weight excluding hydrogens is 1580 g/mol. The lowest BCUT2D eigenvalue weighted by Gasteiger charge is -2.15. The first kappa shape index (κ1) is 104. The molecule has 0 atom stereocenters. The first-order valence-electron chi connectivity index (χ1n) is 53.1. The number of aromatic amines is 2. The minimum Gasteiger partial charge on any atom is -0.490 e. The van der Waals surface area contributed by atoms with E-state index in [-0.39, 0.29) is 0 Å². The van der Waals surface area contributed by atoms with Gasteiger partial charge in [0.05, 0.1) is 75.6 Å². The highest BCUT2D eigenvalue weighted by Crippen LogP contribution is 2.45. The largest absolute Gasteiger partial charge is 0.490 e. The lowest BCUT2D eigenvalue weighted by atomic mass is 10.0. The molecule has 0 fully saturated rings. The Morgan fingerprint density at radius 1 is 0.180 bits per heavy atom. The van der Waals surface area contributed by atoms with Gasteiger partial charge < -0.3 is 47.9 Å². The Balaban J connectivity index is 1.08. The molecule has 12 nitrogen and oxygen atoms in total. The van der Waals surface area contributed by atoms with Gasteiger partial charge in [-0.25, -0.2) is 9.97 Å². The fraction of sp³-hybridized carbons (Fsp3) is 0.621. The van der Waals surface area contributed by atoms with Crippen LogP contribution in [0.3, 0.4) is 0 Å². The molecule has 2 N–H and O–H groups in total. The van der Waals surface area contributed by atoms with Crippen molar-refractivity contribution in [3.05, 3.63) is 120 Å². The quantitative estimate of drug-likeness (QED) is 0.0355. The molecule has 0 aliphatic carbocycles. The van der Waals surface area contributed by atoms with Crippen LogP contribution in [0.25, 0.3) is 90.9 Å². The summed E-state index contributed by atoms with van der Waals surface area (Å²) in [7, 11) is 0. The van der Waals surface area contributed by atoms with Gasteiger partial charge >= 0.3 is 0 Å². The first-order chi connectivity index (χ1) is 63.3. The first-order valence-corrected chi connectivity index (χ1v) is 53.1. The summed E-state index contributed by atoms with van der Waals surface area (Å²) >= 11 is 0. The molecule has 0 saturated heterocycles. The third kappa shape index (κ3) is 37.3. The second-order valence-corrected chi connectivity index (χ2v) is 36.7. The Morgan fingerprint density at radius 2 is 0.344 bits per heavy atom. The molecule has 8 bridgehead atoms.